The molecule has 2 rings (SSSR count). The minimum absolute atomic E-state index is 0.0421. The quantitative estimate of drug-likeness (QED) is 0.579. The smallest absolute Gasteiger partial charge is 0.336 e. The van der Waals surface area contributed by atoms with Crippen LogP contribution in [-0.2, 0) is 0 Å². The first-order chi connectivity index (χ1) is 12.4. The molecule has 8 heteroatoms. The van der Waals surface area contributed by atoms with E-state index in [1.54, 1.807) is 36.4 Å². The van der Waals surface area contributed by atoms with Gasteiger partial charge in [0.2, 0.25) is 0 Å². The van der Waals surface area contributed by atoms with E-state index in [0.29, 0.717) is 10.0 Å². The highest BCUT2D eigenvalue weighted by Crippen LogP contribution is 2.29. The predicted octanol–water partition coefficient (Wildman–Crippen LogP) is 3.57. The number of benzene rings is 1. The van der Waals surface area contributed by atoms with E-state index in [4.69, 9.17) is 20.7 Å². The molecule has 7 nitrogen and oxygen atoms in total. The van der Waals surface area contributed by atoms with Crippen LogP contribution in [0.3, 0.4) is 0 Å². The minimum Gasteiger partial charge on any atom is -0.478 e. The average Bonchev–Trinajstić information content (AvgIpc) is 3.08. The Morgan fingerprint density at radius 1 is 1.15 bits per heavy atom. The summed E-state index contributed by atoms with van der Waals surface area (Å²) in [7, 11) is 0. The second-order valence-corrected chi connectivity index (χ2v) is 5.79. The van der Waals surface area contributed by atoms with Gasteiger partial charge < -0.3 is 15.3 Å². The van der Waals surface area contributed by atoms with Gasteiger partial charge in [-0.25, -0.2) is 4.79 Å². The molecule has 1 aromatic carbocycles. The largest absolute Gasteiger partial charge is 0.478 e. The van der Waals surface area contributed by atoms with Gasteiger partial charge in [-0.2, -0.15) is 15.8 Å². The van der Waals surface area contributed by atoms with Gasteiger partial charge >= 0.3 is 5.97 Å². The molecule has 126 valence electrons. The number of carbonyl (C=O) groups is 1. The van der Waals surface area contributed by atoms with Crippen molar-refractivity contribution in [1.82, 2.24) is 0 Å². The van der Waals surface area contributed by atoms with E-state index >= 15 is 0 Å². The lowest BCUT2D eigenvalue weighted by Crippen LogP contribution is -2.03. The zero-order valence-electron chi connectivity index (χ0n) is 13.0. The van der Waals surface area contributed by atoms with Crippen molar-refractivity contribution in [3.63, 3.8) is 0 Å². The van der Waals surface area contributed by atoms with Gasteiger partial charge in [-0.1, -0.05) is 15.9 Å². The van der Waals surface area contributed by atoms with E-state index in [1.807, 2.05) is 0 Å². The Hall–Kier alpha value is -3.80. The monoisotopic (exact) mass is 408 g/mol. The molecule has 0 aliphatic carbocycles. The maximum atomic E-state index is 11.4. The van der Waals surface area contributed by atoms with Crippen molar-refractivity contribution < 1.29 is 14.3 Å². The standard InChI is InChI=1S/C18H9BrN4O3/c19-12-1-3-14(15(6-12)18(24)25)16-4-2-13(26-16)5-10(7-20)17(23)11(8-21)9-22/h1-6H,23H2,(H,24,25). The summed E-state index contributed by atoms with van der Waals surface area (Å²) in [4.78, 5) is 11.4. The SMILES string of the molecule is N#CC(=Cc1ccc(-c2ccc(Br)cc2C(=O)O)o1)C(N)=C(C#N)C#N. The minimum atomic E-state index is -1.12. The first-order valence-corrected chi connectivity index (χ1v) is 7.75. The third kappa shape index (κ3) is 3.81. The van der Waals surface area contributed by atoms with Gasteiger partial charge in [0.15, 0.2) is 5.57 Å². The van der Waals surface area contributed by atoms with Gasteiger partial charge in [-0.3, -0.25) is 0 Å². The van der Waals surface area contributed by atoms with Crippen molar-refractivity contribution in [1.29, 1.82) is 15.8 Å². The Morgan fingerprint density at radius 2 is 1.85 bits per heavy atom. The van der Waals surface area contributed by atoms with E-state index < -0.39 is 5.97 Å². The number of allylic oxidation sites excluding steroid dienone is 2. The second kappa shape index (κ2) is 7.85. The Morgan fingerprint density at radius 3 is 2.42 bits per heavy atom. The lowest BCUT2D eigenvalue weighted by atomic mass is 10.1. The van der Waals surface area contributed by atoms with Crippen molar-refractivity contribution in [2.45, 2.75) is 0 Å². The van der Waals surface area contributed by atoms with Crippen molar-refractivity contribution in [2.24, 2.45) is 5.73 Å². The number of carboxylic acid groups (broad SMARTS) is 1. The zero-order chi connectivity index (χ0) is 19.3. The van der Waals surface area contributed by atoms with Crippen LogP contribution in [0.4, 0.5) is 0 Å². The van der Waals surface area contributed by atoms with Gasteiger partial charge in [0.25, 0.3) is 0 Å². The topological polar surface area (TPSA) is 148 Å². The summed E-state index contributed by atoms with van der Waals surface area (Å²) in [5.74, 6) is -0.622. The number of hydrogen-bond acceptors (Lipinski definition) is 6. The van der Waals surface area contributed by atoms with Crippen LogP contribution in [0, 0.1) is 34.0 Å². The molecule has 0 saturated heterocycles. The number of aromatic carboxylic acids is 1. The number of furan rings is 1. The number of carboxylic acids is 1. The van der Waals surface area contributed by atoms with Crippen LogP contribution in [0.5, 0.6) is 0 Å². The van der Waals surface area contributed by atoms with Crippen molar-refractivity contribution >= 4 is 28.0 Å². The zero-order valence-corrected chi connectivity index (χ0v) is 14.6. The van der Waals surface area contributed by atoms with Crippen LogP contribution in [0.2, 0.25) is 0 Å². The molecule has 0 saturated carbocycles. The molecule has 0 unspecified atom stereocenters. The number of nitrogens with two attached hydrogens (primary N) is 1. The molecule has 0 spiro atoms. The normalized spacial score (nSPS) is 10.3. The highest BCUT2D eigenvalue weighted by molar-refractivity contribution is 9.10. The van der Waals surface area contributed by atoms with E-state index in [-0.39, 0.29) is 33.9 Å². The summed E-state index contributed by atoms with van der Waals surface area (Å²) in [6.45, 7) is 0. The van der Waals surface area contributed by atoms with E-state index in [9.17, 15) is 15.2 Å². The molecule has 2 aromatic rings. The summed E-state index contributed by atoms with van der Waals surface area (Å²) in [6, 6.07) is 12.8. The van der Waals surface area contributed by atoms with Gasteiger partial charge in [0, 0.05) is 16.1 Å². The Bertz CT molecular complexity index is 1060. The fourth-order valence-electron chi connectivity index (χ4n) is 2.08. The molecular weight excluding hydrogens is 400 g/mol. The average molecular weight is 409 g/mol. The molecule has 1 aromatic heterocycles. The van der Waals surface area contributed by atoms with Crippen LogP contribution in [-0.4, -0.2) is 11.1 Å². The van der Waals surface area contributed by atoms with Gasteiger partial charge in [-0.05, 0) is 30.3 Å². The second-order valence-electron chi connectivity index (χ2n) is 4.88. The van der Waals surface area contributed by atoms with Crippen molar-refractivity contribution in [3.05, 3.63) is 63.0 Å². The van der Waals surface area contributed by atoms with Crippen molar-refractivity contribution in [3.8, 4) is 29.5 Å². The Kier molecular flexibility index (Phi) is 5.60. The van der Waals surface area contributed by atoms with E-state index in [1.165, 1.54) is 18.2 Å². The summed E-state index contributed by atoms with van der Waals surface area (Å²) >= 11 is 3.22. The first kappa shape index (κ1) is 18.5. The van der Waals surface area contributed by atoms with Crippen molar-refractivity contribution in [2.75, 3.05) is 0 Å². The van der Waals surface area contributed by atoms with E-state index in [0.717, 1.165) is 0 Å². The fraction of sp³-hybridized carbons (Fsp3) is 0. The molecule has 3 N–H and O–H groups in total. The highest BCUT2D eigenvalue weighted by Gasteiger charge is 2.16. The maximum absolute atomic E-state index is 11.4. The third-order valence-electron chi connectivity index (χ3n) is 3.29. The maximum Gasteiger partial charge on any atom is 0.336 e. The molecule has 0 aliphatic heterocycles. The molecule has 0 radical (unpaired) electrons. The highest BCUT2D eigenvalue weighted by atomic mass is 79.9. The van der Waals surface area contributed by atoms with Gasteiger partial charge in [0.05, 0.1) is 16.8 Å². The molecular formula is C18H9BrN4O3. The van der Waals surface area contributed by atoms with Crippen LogP contribution < -0.4 is 5.73 Å². The summed E-state index contributed by atoms with van der Waals surface area (Å²) in [6.07, 6.45) is 1.27. The van der Waals surface area contributed by atoms with Crippen LogP contribution >= 0.6 is 15.9 Å². The third-order valence-corrected chi connectivity index (χ3v) is 3.79. The first-order valence-electron chi connectivity index (χ1n) is 6.96. The fourth-order valence-corrected chi connectivity index (χ4v) is 2.44. The molecule has 1 heterocycles. The van der Waals surface area contributed by atoms with Crippen LogP contribution in [0.15, 0.2) is 56.1 Å². The van der Waals surface area contributed by atoms with Gasteiger partial charge in [-0.15, -0.1) is 0 Å². The summed E-state index contributed by atoms with van der Waals surface area (Å²) < 4.78 is 6.19. The van der Waals surface area contributed by atoms with Crippen LogP contribution in [0.1, 0.15) is 16.1 Å². The summed E-state index contributed by atoms with van der Waals surface area (Å²) in [5, 5.41) is 36.2. The number of nitriles is 3. The number of nitrogens with zero attached hydrogens (tertiary/aromatic N) is 3. The molecule has 0 fully saturated rings. The molecule has 0 bridgehead atoms. The molecule has 26 heavy (non-hydrogen) atoms. The molecule has 0 aliphatic rings. The van der Waals surface area contributed by atoms with E-state index in [2.05, 4.69) is 15.9 Å². The predicted molar refractivity (Wildman–Crippen MR) is 94.8 cm³/mol. The number of rotatable bonds is 4. The number of hydrogen-bond donors (Lipinski definition) is 2. The Balaban J connectivity index is 2.51. The molecule has 0 amide bonds. The summed E-state index contributed by atoms with van der Waals surface area (Å²) in [5.41, 5.74) is 5.30. The van der Waals surface area contributed by atoms with Gasteiger partial charge in [0.1, 0.15) is 29.7 Å². The number of halogens is 1. The lowest BCUT2D eigenvalue weighted by Gasteiger charge is -2.04. The van der Waals surface area contributed by atoms with Crippen LogP contribution in [0.25, 0.3) is 17.4 Å². The molecule has 0 atom stereocenters. The Labute approximate surface area is 156 Å². The lowest BCUT2D eigenvalue weighted by molar-refractivity contribution is 0.0697.